The summed E-state index contributed by atoms with van der Waals surface area (Å²) in [5.74, 6) is 1.24. The molecule has 1 aromatic rings. The largest absolute Gasteiger partial charge is 0.454 e. The van der Waals surface area contributed by atoms with Crippen LogP contribution >= 0.6 is 12.4 Å². The van der Waals surface area contributed by atoms with Crippen LogP contribution in [-0.2, 0) is 6.54 Å². The minimum absolute atomic E-state index is 0. The molecule has 25 heavy (non-hydrogen) atoms. The molecule has 0 aliphatic carbocycles. The van der Waals surface area contributed by atoms with Gasteiger partial charge in [0.25, 0.3) is 0 Å². The Hall–Kier alpha value is -1.31. The van der Waals surface area contributed by atoms with Crippen molar-refractivity contribution in [3.63, 3.8) is 0 Å². The lowest BCUT2D eigenvalue weighted by molar-refractivity contribution is -0.0508. The predicted molar refractivity (Wildman–Crippen MR) is 90.9 cm³/mol. The van der Waals surface area contributed by atoms with Crippen molar-refractivity contribution in [1.82, 2.24) is 10.2 Å². The first-order valence-corrected chi connectivity index (χ1v) is 8.44. The van der Waals surface area contributed by atoms with Crippen molar-refractivity contribution < 1.29 is 23.0 Å². The van der Waals surface area contributed by atoms with Gasteiger partial charge in [-0.1, -0.05) is 0 Å². The van der Waals surface area contributed by atoms with Gasteiger partial charge in [0, 0.05) is 24.7 Å². The van der Waals surface area contributed by atoms with Crippen LogP contribution in [0.4, 0.5) is 8.78 Å². The number of rotatable bonds is 4. The molecule has 5 nitrogen and oxygen atoms in total. The van der Waals surface area contributed by atoms with Gasteiger partial charge >= 0.3 is 6.61 Å². The minimum atomic E-state index is -2.85. The van der Waals surface area contributed by atoms with Gasteiger partial charge in [-0.3, -0.25) is 4.90 Å². The highest BCUT2D eigenvalue weighted by atomic mass is 35.5. The van der Waals surface area contributed by atoms with E-state index < -0.39 is 6.61 Å². The fraction of sp³-hybridized carbons (Fsp3) is 0.647. The third-order valence-electron chi connectivity index (χ3n) is 5.35. The number of likely N-dealkylation sites (tertiary alicyclic amines) is 1. The van der Waals surface area contributed by atoms with Gasteiger partial charge < -0.3 is 19.5 Å². The van der Waals surface area contributed by atoms with E-state index in [9.17, 15) is 8.78 Å². The molecule has 0 atom stereocenters. The van der Waals surface area contributed by atoms with Crippen molar-refractivity contribution in [3.8, 4) is 17.2 Å². The fourth-order valence-corrected chi connectivity index (χ4v) is 4.06. The molecule has 2 fully saturated rings. The van der Waals surface area contributed by atoms with Crippen molar-refractivity contribution in [2.75, 3.05) is 33.0 Å². The number of halogens is 3. The monoisotopic (exact) mass is 376 g/mol. The van der Waals surface area contributed by atoms with E-state index in [4.69, 9.17) is 14.2 Å². The molecule has 1 aromatic carbocycles. The Morgan fingerprint density at radius 3 is 2.60 bits per heavy atom. The number of alkyl halides is 2. The van der Waals surface area contributed by atoms with Gasteiger partial charge in [-0.15, -0.1) is 12.4 Å². The molecule has 140 valence electrons. The summed E-state index contributed by atoms with van der Waals surface area (Å²) in [6.45, 7) is 1.99. The number of ether oxygens (including phenoxy) is 3. The molecule has 0 amide bonds. The van der Waals surface area contributed by atoms with Crippen molar-refractivity contribution in [3.05, 3.63) is 17.7 Å². The summed E-state index contributed by atoms with van der Waals surface area (Å²) < 4.78 is 40.8. The third kappa shape index (κ3) is 3.93. The number of hydrogen-bond donors (Lipinski definition) is 1. The molecule has 3 heterocycles. The van der Waals surface area contributed by atoms with Crippen LogP contribution in [0.1, 0.15) is 24.8 Å². The highest BCUT2D eigenvalue weighted by Gasteiger charge is 2.39. The van der Waals surface area contributed by atoms with Crippen molar-refractivity contribution >= 4 is 12.4 Å². The first-order valence-electron chi connectivity index (χ1n) is 8.44. The smallest absolute Gasteiger partial charge is 0.387 e. The number of hydrogen-bond acceptors (Lipinski definition) is 5. The molecule has 1 spiro atoms. The summed E-state index contributed by atoms with van der Waals surface area (Å²) in [4.78, 5) is 2.33. The number of nitrogens with zero attached hydrogens (tertiary/aromatic N) is 1. The predicted octanol–water partition coefficient (Wildman–Crippen LogP) is 3.01. The van der Waals surface area contributed by atoms with E-state index in [-0.39, 0.29) is 24.9 Å². The summed E-state index contributed by atoms with van der Waals surface area (Å²) in [6, 6.07) is 3.29. The second kappa shape index (κ2) is 7.51. The zero-order chi connectivity index (χ0) is 16.6. The topological polar surface area (TPSA) is 43.0 Å². The van der Waals surface area contributed by atoms with Crippen molar-refractivity contribution in [2.45, 2.75) is 32.4 Å². The molecular formula is C17H23ClF2N2O3. The average Bonchev–Trinajstić information content (AvgIpc) is 3.15. The van der Waals surface area contributed by atoms with Crippen molar-refractivity contribution in [1.29, 1.82) is 0 Å². The van der Waals surface area contributed by atoms with E-state index in [0.29, 0.717) is 23.5 Å². The van der Waals surface area contributed by atoms with Gasteiger partial charge in [0.05, 0.1) is 0 Å². The van der Waals surface area contributed by atoms with Crippen molar-refractivity contribution in [2.24, 2.45) is 5.41 Å². The maximum absolute atomic E-state index is 12.7. The zero-order valence-corrected chi connectivity index (χ0v) is 14.7. The lowest BCUT2D eigenvalue weighted by Gasteiger charge is -2.34. The summed E-state index contributed by atoms with van der Waals surface area (Å²) in [6.07, 6.45) is 3.54. The second-order valence-electron chi connectivity index (χ2n) is 6.90. The summed E-state index contributed by atoms with van der Waals surface area (Å²) in [5.41, 5.74) is 1.11. The number of fused-ring (bicyclic) bond motifs is 1. The quantitative estimate of drug-likeness (QED) is 0.875. The Morgan fingerprint density at radius 2 is 1.88 bits per heavy atom. The van der Waals surface area contributed by atoms with Crippen LogP contribution in [0, 0.1) is 5.41 Å². The lowest BCUT2D eigenvalue weighted by atomic mass is 9.78. The van der Waals surface area contributed by atoms with Gasteiger partial charge in [0.2, 0.25) is 6.79 Å². The average molecular weight is 377 g/mol. The standard InChI is InChI=1S/C17H22F2N2O3.ClH/c18-16(19)24-13-8-15-14(22-11-23-15)7-12(13)9-21-6-3-17(10-21)1-4-20-5-2-17;/h7-8,16,20H,1-6,9-11H2;1H. The molecule has 0 bridgehead atoms. The minimum Gasteiger partial charge on any atom is -0.454 e. The Morgan fingerprint density at radius 1 is 1.16 bits per heavy atom. The van der Waals surface area contributed by atoms with Crippen LogP contribution in [-0.4, -0.2) is 44.5 Å². The van der Waals surface area contributed by atoms with E-state index in [2.05, 4.69) is 10.2 Å². The SMILES string of the molecule is Cl.FC(F)Oc1cc2c(cc1CN1CCC3(CCNCC3)C1)OCO2. The molecular weight excluding hydrogens is 354 g/mol. The normalized spacial score (nSPS) is 21.6. The van der Waals surface area contributed by atoms with Gasteiger partial charge in [0.15, 0.2) is 11.5 Å². The number of piperidine rings is 1. The summed E-state index contributed by atoms with van der Waals surface area (Å²) in [7, 11) is 0. The molecule has 0 aromatic heterocycles. The van der Waals surface area contributed by atoms with Gasteiger partial charge in [-0.25, -0.2) is 0 Å². The molecule has 3 aliphatic rings. The Labute approximate surface area is 152 Å². The van der Waals surface area contributed by atoms with Crippen LogP contribution < -0.4 is 19.5 Å². The van der Waals surface area contributed by atoms with E-state index >= 15 is 0 Å². The van der Waals surface area contributed by atoms with Gasteiger partial charge in [0.1, 0.15) is 5.75 Å². The van der Waals surface area contributed by atoms with Crippen LogP contribution in [0.25, 0.3) is 0 Å². The van der Waals surface area contributed by atoms with Gasteiger partial charge in [-0.2, -0.15) is 8.78 Å². The van der Waals surface area contributed by atoms with Crippen LogP contribution in [0.15, 0.2) is 12.1 Å². The molecule has 1 N–H and O–H groups in total. The number of benzene rings is 1. The maximum Gasteiger partial charge on any atom is 0.387 e. The molecule has 4 rings (SSSR count). The highest BCUT2D eigenvalue weighted by Crippen LogP contribution is 2.42. The highest BCUT2D eigenvalue weighted by molar-refractivity contribution is 5.85. The molecule has 0 radical (unpaired) electrons. The van der Waals surface area contributed by atoms with Crippen LogP contribution in [0.3, 0.4) is 0 Å². The zero-order valence-electron chi connectivity index (χ0n) is 13.9. The maximum atomic E-state index is 12.7. The van der Waals surface area contributed by atoms with Gasteiger partial charge in [-0.05, 0) is 50.4 Å². The van der Waals surface area contributed by atoms with E-state index in [1.165, 1.54) is 25.3 Å². The molecule has 8 heteroatoms. The summed E-state index contributed by atoms with van der Waals surface area (Å²) >= 11 is 0. The Balaban J connectivity index is 0.00000182. The molecule has 0 saturated carbocycles. The Bertz CT molecular complexity index is 612. The first-order chi connectivity index (χ1) is 11.6. The van der Waals surface area contributed by atoms with E-state index in [0.717, 1.165) is 31.7 Å². The molecule has 2 saturated heterocycles. The molecule has 0 unspecified atom stereocenters. The summed E-state index contributed by atoms with van der Waals surface area (Å²) in [5, 5.41) is 3.41. The molecule has 3 aliphatic heterocycles. The van der Waals surface area contributed by atoms with E-state index in [1.54, 1.807) is 6.07 Å². The second-order valence-corrected chi connectivity index (χ2v) is 6.90. The third-order valence-corrected chi connectivity index (χ3v) is 5.35. The first kappa shape index (κ1) is 18.5. The van der Waals surface area contributed by atoms with Crippen LogP contribution in [0.2, 0.25) is 0 Å². The lowest BCUT2D eigenvalue weighted by Crippen LogP contribution is -2.38. The fourth-order valence-electron chi connectivity index (χ4n) is 4.06. The van der Waals surface area contributed by atoms with E-state index in [1.807, 2.05) is 0 Å². The van der Waals surface area contributed by atoms with Crippen LogP contribution in [0.5, 0.6) is 17.2 Å². The Kier molecular flexibility index (Phi) is 5.55. The number of nitrogens with one attached hydrogen (secondary N) is 1.